The molecule has 0 spiro atoms. The van der Waals surface area contributed by atoms with Crippen LogP contribution in [0.25, 0.3) is 0 Å². The van der Waals surface area contributed by atoms with Crippen LogP contribution in [0.3, 0.4) is 0 Å². The minimum atomic E-state index is -0.271. The van der Waals surface area contributed by atoms with Crippen LogP contribution in [-0.2, 0) is 6.54 Å². The molecule has 0 saturated heterocycles. The van der Waals surface area contributed by atoms with E-state index in [4.69, 9.17) is 5.73 Å². The molecule has 2 aromatic rings. The average molecular weight is 337 g/mol. The highest BCUT2D eigenvalue weighted by Crippen LogP contribution is 2.20. The Labute approximate surface area is 125 Å². The lowest BCUT2D eigenvalue weighted by Crippen LogP contribution is -2.22. The summed E-state index contributed by atoms with van der Waals surface area (Å²) in [5.74, 6) is -0.501. The van der Waals surface area contributed by atoms with Crippen molar-refractivity contribution in [2.45, 2.75) is 13.5 Å². The van der Waals surface area contributed by atoms with Gasteiger partial charge in [0.2, 0.25) is 0 Å². The number of carbonyl (C=O) groups excluding carboxylic acids is 1. The number of aryl methyl sites for hydroxylation is 1. The fourth-order valence-electron chi connectivity index (χ4n) is 1.70. The number of nitrogen functional groups attached to an aromatic ring is 1. The second-order valence-electron chi connectivity index (χ2n) is 4.50. The summed E-state index contributed by atoms with van der Waals surface area (Å²) in [5, 5.41) is 2.74. The van der Waals surface area contributed by atoms with E-state index < -0.39 is 0 Å². The Bertz CT molecular complexity index is 658. The first kappa shape index (κ1) is 14.5. The summed E-state index contributed by atoms with van der Waals surface area (Å²) in [5.41, 5.74) is 8.04. The van der Waals surface area contributed by atoms with Crippen LogP contribution in [-0.4, -0.2) is 5.91 Å². The van der Waals surface area contributed by atoms with E-state index in [1.54, 1.807) is 37.3 Å². The highest BCUT2D eigenvalue weighted by molar-refractivity contribution is 9.10. The summed E-state index contributed by atoms with van der Waals surface area (Å²) in [7, 11) is 0. The molecule has 1 amide bonds. The number of carbonyl (C=O) groups is 1. The first-order valence-corrected chi connectivity index (χ1v) is 6.85. The zero-order valence-electron chi connectivity index (χ0n) is 10.9. The molecule has 0 unspecified atom stereocenters. The zero-order valence-corrected chi connectivity index (χ0v) is 12.5. The Balaban J connectivity index is 2.04. The number of nitrogens with two attached hydrogens (primary N) is 1. The molecule has 0 bridgehead atoms. The van der Waals surface area contributed by atoms with Gasteiger partial charge >= 0.3 is 0 Å². The van der Waals surface area contributed by atoms with Crippen molar-refractivity contribution >= 4 is 27.5 Å². The lowest BCUT2D eigenvalue weighted by atomic mass is 10.1. The van der Waals surface area contributed by atoms with Gasteiger partial charge in [-0.1, -0.05) is 12.1 Å². The largest absolute Gasteiger partial charge is 0.398 e. The van der Waals surface area contributed by atoms with Crippen molar-refractivity contribution in [3.8, 4) is 0 Å². The summed E-state index contributed by atoms with van der Waals surface area (Å²) >= 11 is 3.27. The molecule has 0 aliphatic rings. The summed E-state index contributed by atoms with van der Waals surface area (Å²) in [6.45, 7) is 1.97. The molecule has 0 atom stereocenters. The topological polar surface area (TPSA) is 55.1 Å². The Kier molecular flexibility index (Phi) is 4.39. The molecule has 0 radical (unpaired) electrons. The van der Waals surface area contributed by atoms with Gasteiger partial charge < -0.3 is 11.1 Å². The second kappa shape index (κ2) is 6.05. The van der Waals surface area contributed by atoms with E-state index in [0.717, 1.165) is 5.56 Å². The molecular weight excluding hydrogens is 323 g/mol. The molecule has 0 fully saturated rings. The lowest BCUT2D eigenvalue weighted by molar-refractivity contribution is 0.0951. The number of benzene rings is 2. The highest BCUT2D eigenvalue weighted by atomic mass is 79.9. The summed E-state index contributed by atoms with van der Waals surface area (Å²) < 4.78 is 14.1. The molecule has 3 N–H and O–H groups in total. The predicted molar refractivity (Wildman–Crippen MR) is 80.9 cm³/mol. The third-order valence-corrected chi connectivity index (χ3v) is 3.64. The smallest absolute Gasteiger partial charge is 0.251 e. The van der Waals surface area contributed by atoms with Gasteiger partial charge in [-0.15, -0.1) is 0 Å². The third kappa shape index (κ3) is 3.36. The highest BCUT2D eigenvalue weighted by Gasteiger charge is 2.07. The molecule has 2 aromatic carbocycles. The predicted octanol–water partition coefficient (Wildman–Crippen LogP) is 3.41. The van der Waals surface area contributed by atoms with Gasteiger partial charge in [-0.25, -0.2) is 4.39 Å². The van der Waals surface area contributed by atoms with Gasteiger partial charge in [0.15, 0.2) is 0 Å². The summed E-state index contributed by atoms with van der Waals surface area (Å²) in [6, 6.07) is 9.86. The van der Waals surface area contributed by atoms with Gasteiger partial charge in [0.1, 0.15) is 5.82 Å². The first-order valence-electron chi connectivity index (χ1n) is 6.05. The maximum atomic E-state index is 13.4. The quantitative estimate of drug-likeness (QED) is 0.844. The van der Waals surface area contributed by atoms with Crippen molar-refractivity contribution in [3.63, 3.8) is 0 Å². The van der Waals surface area contributed by atoms with Crippen molar-refractivity contribution in [2.24, 2.45) is 0 Å². The summed E-state index contributed by atoms with van der Waals surface area (Å²) in [4.78, 5) is 12.0. The maximum absolute atomic E-state index is 13.4. The normalized spacial score (nSPS) is 10.3. The Morgan fingerprint density at radius 2 is 2.05 bits per heavy atom. The molecule has 0 saturated carbocycles. The second-order valence-corrected chi connectivity index (χ2v) is 5.36. The van der Waals surface area contributed by atoms with Crippen LogP contribution in [0, 0.1) is 12.7 Å². The maximum Gasteiger partial charge on any atom is 0.251 e. The Morgan fingerprint density at radius 3 is 2.70 bits per heavy atom. The van der Waals surface area contributed by atoms with Crippen molar-refractivity contribution in [1.82, 2.24) is 5.32 Å². The van der Waals surface area contributed by atoms with Crippen molar-refractivity contribution in [2.75, 3.05) is 5.73 Å². The van der Waals surface area contributed by atoms with Gasteiger partial charge in [0, 0.05) is 22.3 Å². The number of amides is 1. The van der Waals surface area contributed by atoms with E-state index in [9.17, 15) is 9.18 Å². The lowest BCUT2D eigenvalue weighted by Gasteiger charge is -2.07. The molecule has 3 nitrogen and oxygen atoms in total. The van der Waals surface area contributed by atoms with E-state index in [1.807, 2.05) is 0 Å². The van der Waals surface area contributed by atoms with Crippen molar-refractivity contribution in [1.29, 1.82) is 0 Å². The molecule has 0 aromatic heterocycles. The van der Waals surface area contributed by atoms with Crippen LogP contribution in [0.5, 0.6) is 0 Å². The standard InChI is InChI=1S/C15H14BrFN2O/c1-9-2-3-10(6-13(9)17)8-19-15(20)11-4-5-14(18)12(16)7-11/h2-7H,8,18H2,1H3,(H,19,20). The molecule has 5 heteroatoms. The van der Waals surface area contributed by atoms with Gasteiger partial charge in [-0.05, 0) is 58.2 Å². The molecule has 2 rings (SSSR count). The number of anilines is 1. The third-order valence-electron chi connectivity index (χ3n) is 2.95. The van der Waals surface area contributed by atoms with Gasteiger partial charge in [0.25, 0.3) is 5.91 Å². The van der Waals surface area contributed by atoms with Crippen LogP contribution in [0.15, 0.2) is 40.9 Å². The zero-order chi connectivity index (χ0) is 14.7. The average Bonchev–Trinajstić information content (AvgIpc) is 2.43. The molecule has 104 valence electrons. The Hall–Kier alpha value is -1.88. The van der Waals surface area contributed by atoms with Gasteiger partial charge in [0.05, 0.1) is 0 Å². The van der Waals surface area contributed by atoms with Crippen molar-refractivity contribution < 1.29 is 9.18 Å². The van der Waals surface area contributed by atoms with Crippen LogP contribution in [0.2, 0.25) is 0 Å². The minimum absolute atomic E-state index is 0.230. The monoisotopic (exact) mass is 336 g/mol. The number of hydrogen-bond donors (Lipinski definition) is 2. The van der Waals surface area contributed by atoms with E-state index >= 15 is 0 Å². The fourth-order valence-corrected chi connectivity index (χ4v) is 2.08. The van der Waals surface area contributed by atoms with Gasteiger partial charge in [-0.2, -0.15) is 0 Å². The minimum Gasteiger partial charge on any atom is -0.398 e. The number of hydrogen-bond acceptors (Lipinski definition) is 2. The van der Waals surface area contributed by atoms with Crippen LogP contribution < -0.4 is 11.1 Å². The summed E-state index contributed by atoms with van der Waals surface area (Å²) in [6.07, 6.45) is 0. The fraction of sp³-hybridized carbons (Fsp3) is 0.133. The van der Waals surface area contributed by atoms with E-state index in [1.165, 1.54) is 6.07 Å². The number of halogens is 2. The molecular formula is C15H14BrFN2O. The number of rotatable bonds is 3. The van der Waals surface area contributed by atoms with Crippen LogP contribution in [0.4, 0.5) is 10.1 Å². The Morgan fingerprint density at radius 1 is 1.30 bits per heavy atom. The molecule has 0 heterocycles. The van der Waals surface area contributed by atoms with E-state index in [2.05, 4.69) is 21.2 Å². The SMILES string of the molecule is Cc1ccc(CNC(=O)c2ccc(N)c(Br)c2)cc1F. The van der Waals surface area contributed by atoms with E-state index in [0.29, 0.717) is 21.3 Å². The first-order chi connectivity index (χ1) is 9.47. The number of nitrogens with one attached hydrogen (secondary N) is 1. The van der Waals surface area contributed by atoms with Crippen molar-refractivity contribution in [3.05, 3.63) is 63.4 Å². The van der Waals surface area contributed by atoms with Gasteiger partial charge in [-0.3, -0.25) is 4.79 Å². The van der Waals surface area contributed by atoms with Crippen LogP contribution >= 0.6 is 15.9 Å². The van der Waals surface area contributed by atoms with E-state index in [-0.39, 0.29) is 18.3 Å². The van der Waals surface area contributed by atoms with Crippen LogP contribution in [0.1, 0.15) is 21.5 Å². The molecule has 20 heavy (non-hydrogen) atoms. The molecule has 0 aliphatic heterocycles. The molecule has 0 aliphatic carbocycles.